The fourth-order valence-corrected chi connectivity index (χ4v) is 3.45. The first-order valence-electron chi connectivity index (χ1n) is 9.97. The van der Waals surface area contributed by atoms with Gasteiger partial charge in [0.2, 0.25) is 5.91 Å². The molecule has 1 amide bonds. The van der Waals surface area contributed by atoms with Crippen LogP contribution < -0.4 is 15.4 Å². The van der Waals surface area contributed by atoms with Gasteiger partial charge in [-0.1, -0.05) is 17.7 Å². The van der Waals surface area contributed by atoms with Crippen molar-refractivity contribution >= 4 is 47.4 Å². The molecule has 3 rings (SSSR count). The van der Waals surface area contributed by atoms with Crippen molar-refractivity contribution in [2.24, 2.45) is 4.99 Å². The highest BCUT2D eigenvalue weighted by Gasteiger charge is 2.26. The van der Waals surface area contributed by atoms with E-state index in [4.69, 9.17) is 16.3 Å². The Morgan fingerprint density at radius 3 is 2.62 bits per heavy atom. The third-order valence-corrected chi connectivity index (χ3v) is 5.19. The van der Waals surface area contributed by atoms with E-state index in [0.717, 1.165) is 56.3 Å². The summed E-state index contributed by atoms with van der Waals surface area (Å²) >= 11 is 6.08. The number of ether oxygens (including phenoxy) is 1. The Labute approximate surface area is 195 Å². The molecule has 0 bridgehead atoms. The molecule has 7 nitrogen and oxygen atoms in total. The van der Waals surface area contributed by atoms with Gasteiger partial charge in [0.1, 0.15) is 5.75 Å². The monoisotopic (exact) mass is 535 g/mol. The van der Waals surface area contributed by atoms with Crippen molar-refractivity contribution in [1.29, 1.82) is 0 Å². The quantitative estimate of drug-likeness (QED) is 0.319. The summed E-state index contributed by atoms with van der Waals surface area (Å²) in [6.45, 7) is 7.04. The number of amides is 1. The zero-order valence-corrected chi connectivity index (χ0v) is 20.2. The number of aliphatic imine (C=N–C) groups is 1. The van der Waals surface area contributed by atoms with E-state index >= 15 is 0 Å². The number of piperazine rings is 1. The topological polar surface area (TPSA) is 69.2 Å². The molecule has 2 fully saturated rings. The van der Waals surface area contributed by atoms with Gasteiger partial charge in [0.15, 0.2) is 5.96 Å². The SMILES string of the molecule is CCOc1cc(Cl)ccc1CNC(=NC)N1CCN(CC(=O)NC2CC2)CC1.I. The molecule has 9 heteroatoms. The number of carbonyl (C=O) groups excluding carboxylic acids is 1. The second-order valence-electron chi connectivity index (χ2n) is 7.19. The van der Waals surface area contributed by atoms with Crippen molar-refractivity contribution < 1.29 is 9.53 Å². The third kappa shape index (κ3) is 7.49. The molecule has 0 spiro atoms. The van der Waals surface area contributed by atoms with Gasteiger partial charge in [0.05, 0.1) is 13.2 Å². The molecule has 1 aliphatic heterocycles. The van der Waals surface area contributed by atoms with E-state index in [1.165, 1.54) is 0 Å². The summed E-state index contributed by atoms with van der Waals surface area (Å²) in [6.07, 6.45) is 2.25. The lowest BCUT2D eigenvalue weighted by Gasteiger charge is -2.36. The lowest BCUT2D eigenvalue weighted by molar-refractivity contribution is -0.122. The Morgan fingerprint density at radius 1 is 1.28 bits per heavy atom. The van der Waals surface area contributed by atoms with Crippen LogP contribution in [0.1, 0.15) is 25.3 Å². The van der Waals surface area contributed by atoms with Crippen LogP contribution in [0.5, 0.6) is 5.75 Å². The first-order chi connectivity index (χ1) is 13.6. The van der Waals surface area contributed by atoms with E-state index in [2.05, 4.69) is 25.4 Å². The van der Waals surface area contributed by atoms with Gasteiger partial charge < -0.3 is 20.3 Å². The van der Waals surface area contributed by atoms with Crippen LogP contribution in [0, 0.1) is 0 Å². The van der Waals surface area contributed by atoms with Crippen molar-refractivity contribution in [1.82, 2.24) is 20.4 Å². The van der Waals surface area contributed by atoms with E-state index in [0.29, 0.717) is 30.8 Å². The average molecular weight is 536 g/mol. The molecule has 162 valence electrons. The fraction of sp³-hybridized carbons (Fsp3) is 0.600. The maximum atomic E-state index is 12.0. The van der Waals surface area contributed by atoms with Crippen molar-refractivity contribution in [3.8, 4) is 5.75 Å². The molecule has 0 aromatic heterocycles. The number of halogens is 2. The molecule has 2 N–H and O–H groups in total. The number of hydrogen-bond donors (Lipinski definition) is 2. The van der Waals surface area contributed by atoms with Gasteiger partial charge in [-0.3, -0.25) is 14.7 Å². The Morgan fingerprint density at radius 2 is 2.00 bits per heavy atom. The lowest BCUT2D eigenvalue weighted by Crippen LogP contribution is -2.54. The molecule has 2 aliphatic rings. The van der Waals surface area contributed by atoms with Gasteiger partial charge in [-0.25, -0.2) is 0 Å². The second-order valence-corrected chi connectivity index (χ2v) is 7.63. The average Bonchev–Trinajstić information content (AvgIpc) is 3.49. The first-order valence-corrected chi connectivity index (χ1v) is 10.4. The van der Waals surface area contributed by atoms with Gasteiger partial charge >= 0.3 is 0 Å². The van der Waals surface area contributed by atoms with Crippen LogP contribution >= 0.6 is 35.6 Å². The van der Waals surface area contributed by atoms with Crippen LogP contribution in [0.25, 0.3) is 0 Å². The van der Waals surface area contributed by atoms with E-state index in [1.54, 1.807) is 7.05 Å². The smallest absolute Gasteiger partial charge is 0.234 e. The zero-order chi connectivity index (χ0) is 19.9. The largest absolute Gasteiger partial charge is 0.493 e. The number of hydrogen-bond acceptors (Lipinski definition) is 4. The normalized spacial score (nSPS) is 17.5. The molecule has 1 aromatic rings. The maximum absolute atomic E-state index is 12.0. The molecule has 0 unspecified atom stereocenters. The molecule has 1 aromatic carbocycles. The Bertz CT molecular complexity index is 706. The Kier molecular flexibility index (Phi) is 9.78. The highest BCUT2D eigenvalue weighted by atomic mass is 127. The van der Waals surface area contributed by atoms with E-state index in [9.17, 15) is 4.79 Å². The van der Waals surface area contributed by atoms with Crippen molar-refractivity contribution in [3.63, 3.8) is 0 Å². The van der Waals surface area contributed by atoms with Crippen LogP contribution in [0.2, 0.25) is 5.02 Å². The van der Waals surface area contributed by atoms with Crippen molar-refractivity contribution in [3.05, 3.63) is 28.8 Å². The Balaban J connectivity index is 0.00000300. The van der Waals surface area contributed by atoms with E-state index in [-0.39, 0.29) is 29.9 Å². The maximum Gasteiger partial charge on any atom is 0.234 e. The van der Waals surface area contributed by atoms with Gasteiger partial charge in [-0.2, -0.15) is 0 Å². The number of benzene rings is 1. The molecule has 1 heterocycles. The minimum absolute atomic E-state index is 0. The third-order valence-electron chi connectivity index (χ3n) is 4.96. The number of carbonyl (C=O) groups is 1. The number of rotatable bonds is 7. The summed E-state index contributed by atoms with van der Waals surface area (Å²) in [5, 5.41) is 7.14. The summed E-state index contributed by atoms with van der Waals surface area (Å²) in [4.78, 5) is 20.8. The highest BCUT2D eigenvalue weighted by Crippen LogP contribution is 2.23. The molecular formula is C20H31ClIN5O2. The first kappa shape index (κ1) is 24.0. The van der Waals surface area contributed by atoms with Gasteiger partial charge in [0, 0.05) is 56.4 Å². The molecule has 29 heavy (non-hydrogen) atoms. The van der Waals surface area contributed by atoms with E-state index < -0.39 is 0 Å². The second kappa shape index (κ2) is 11.8. The number of guanidine groups is 1. The predicted molar refractivity (Wildman–Crippen MR) is 127 cm³/mol. The van der Waals surface area contributed by atoms with Crippen LogP contribution in [-0.2, 0) is 11.3 Å². The van der Waals surface area contributed by atoms with Crippen molar-refractivity contribution in [2.75, 3.05) is 46.4 Å². The van der Waals surface area contributed by atoms with Crippen LogP contribution in [0.15, 0.2) is 23.2 Å². The summed E-state index contributed by atoms with van der Waals surface area (Å²) in [5.41, 5.74) is 1.04. The van der Waals surface area contributed by atoms with Crippen LogP contribution in [0.4, 0.5) is 0 Å². The minimum Gasteiger partial charge on any atom is -0.493 e. The van der Waals surface area contributed by atoms with Crippen LogP contribution in [-0.4, -0.2) is 74.1 Å². The van der Waals surface area contributed by atoms with E-state index in [1.807, 2.05) is 25.1 Å². The summed E-state index contributed by atoms with van der Waals surface area (Å²) in [6, 6.07) is 6.11. The lowest BCUT2D eigenvalue weighted by atomic mass is 10.2. The summed E-state index contributed by atoms with van der Waals surface area (Å²) in [7, 11) is 1.79. The van der Waals surface area contributed by atoms with Crippen LogP contribution in [0.3, 0.4) is 0 Å². The molecule has 0 atom stereocenters. The zero-order valence-electron chi connectivity index (χ0n) is 17.1. The highest BCUT2D eigenvalue weighted by molar-refractivity contribution is 14.0. The number of nitrogens with one attached hydrogen (secondary N) is 2. The van der Waals surface area contributed by atoms with Crippen molar-refractivity contribution in [2.45, 2.75) is 32.4 Å². The van der Waals surface area contributed by atoms with Gasteiger partial charge in [-0.05, 0) is 31.9 Å². The van der Waals surface area contributed by atoms with Gasteiger partial charge in [0.25, 0.3) is 0 Å². The van der Waals surface area contributed by atoms with Gasteiger partial charge in [-0.15, -0.1) is 24.0 Å². The summed E-state index contributed by atoms with van der Waals surface area (Å²) in [5.74, 6) is 1.80. The molecule has 1 saturated carbocycles. The molecular weight excluding hydrogens is 505 g/mol. The molecule has 1 saturated heterocycles. The predicted octanol–water partition coefficient (Wildman–Crippen LogP) is 2.33. The number of nitrogens with zero attached hydrogens (tertiary/aromatic N) is 3. The minimum atomic E-state index is 0. The summed E-state index contributed by atoms with van der Waals surface area (Å²) < 4.78 is 5.69. The standard InChI is InChI=1S/C20H30ClN5O2.HI/c1-3-28-18-12-16(21)5-4-15(18)13-23-20(22-2)26-10-8-25(9-11-26)14-19(27)24-17-6-7-17;/h4-5,12,17H,3,6-11,13-14H2,1-2H3,(H,22,23)(H,24,27);1H. The molecule has 1 aliphatic carbocycles. The fourth-order valence-electron chi connectivity index (χ4n) is 3.29. The Hall–Kier alpha value is -1.26. The molecule has 0 radical (unpaired) electrons.